The fraction of sp³-hybridized carbons (Fsp3) is 0.405. The lowest BCUT2D eigenvalue weighted by molar-refractivity contribution is 0.260. The van der Waals surface area contributed by atoms with Crippen molar-refractivity contribution in [2.24, 2.45) is 0 Å². The van der Waals surface area contributed by atoms with Gasteiger partial charge in [0.15, 0.2) is 0 Å². The minimum absolute atomic E-state index is 0.00538. The molecule has 0 amide bonds. The standard InChI is InChI=1S/C24H31NO3.C13H17BrO2/c1-3-4-11-28-24-8-6-18(13-21(24)16-27)5-7-23-22-14-20(15-26)17(2)12-19(22)9-10-25-23;1-2-3-8-16-13-5-4-11(6-7-14)9-12(13)10-15/h5-8,12-14,23,25-27H,3-4,9-11,15-16H2,1-2H3;4-7,9,15H,2-3,8,10H2,1H3/b7-5+;7-6+. The summed E-state index contributed by atoms with van der Waals surface area (Å²) in [5, 5.41) is 32.1. The molecule has 44 heavy (non-hydrogen) atoms. The second-order valence-electron chi connectivity index (χ2n) is 10.9. The lowest BCUT2D eigenvalue weighted by Crippen LogP contribution is -2.28. The molecule has 0 spiro atoms. The van der Waals surface area contributed by atoms with Crippen LogP contribution in [0.15, 0.2) is 59.6 Å². The highest BCUT2D eigenvalue weighted by atomic mass is 79.9. The number of hydrogen-bond donors (Lipinski definition) is 4. The predicted molar refractivity (Wildman–Crippen MR) is 184 cm³/mol. The topological polar surface area (TPSA) is 91.2 Å². The number of hydrogen-bond acceptors (Lipinski definition) is 6. The number of aryl methyl sites for hydroxylation is 1. The molecule has 0 aromatic heterocycles. The van der Waals surface area contributed by atoms with Gasteiger partial charge in [0.2, 0.25) is 0 Å². The van der Waals surface area contributed by atoms with E-state index in [2.05, 4.69) is 66.3 Å². The van der Waals surface area contributed by atoms with Crippen molar-refractivity contribution in [2.75, 3.05) is 19.8 Å². The minimum atomic E-state index is -0.0349. The van der Waals surface area contributed by atoms with Crippen LogP contribution in [-0.4, -0.2) is 35.1 Å². The Kier molecular flexibility index (Phi) is 15.7. The van der Waals surface area contributed by atoms with Crippen molar-refractivity contribution in [3.8, 4) is 11.5 Å². The van der Waals surface area contributed by atoms with Gasteiger partial charge in [-0.15, -0.1) is 0 Å². The first-order valence-corrected chi connectivity index (χ1v) is 16.5. The van der Waals surface area contributed by atoms with Crippen molar-refractivity contribution in [1.29, 1.82) is 0 Å². The molecule has 0 saturated heterocycles. The summed E-state index contributed by atoms with van der Waals surface area (Å²) in [6.45, 7) is 8.66. The molecule has 1 atom stereocenters. The molecule has 1 aliphatic heterocycles. The van der Waals surface area contributed by atoms with Crippen molar-refractivity contribution in [1.82, 2.24) is 5.32 Å². The Bertz CT molecular complexity index is 1370. The van der Waals surface area contributed by atoms with E-state index in [0.29, 0.717) is 13.2 Å². The maximum Gasteiger partial charge on any atom is 0.124 e. The molecule has 4 rings (SSSR count). The van der Waals surface area contributed by atoms with E-state index in [-0.39, 0.29) is 25.9 Å². The van der Waals surface area contributed by atoms with Crippen molar-refractivity contribution in [3.63, 3.8) is 0 Å². The zero-order valence-corrected chi connectivity index (χ0v) is 27.9. The molecule has 4 N–H and O–H groups in total. The van der Waals surface area contributed by atoms with Gasteiger partial charge in [-0.1, -0.05) is 79.0 Å². The molecule has 0 bridgehead atoms. The van der Waals surface area contributed by atoms with Crippen LogP contribution in [-0.2, 0) is 26.2 Å². The zero-order chi connectivity index (χ0) is 31.7. The van der Waals surface area contributed by atoms with Crippen LogP contribution in [0.3, 0.4) is 0 Å². The molecular formula is C37H48BrNO5. The van der Waals surface area contributed by atoms with Crippen LogP contribution in [0, 0.1) is 6.92 Å². The van der Waals surface area contributed by atoms with Crippen LogP contribution in [0.2, 0.25) is 0 Å². The minimum Gasteiger partial charge on any atom is -0.493 e. The van der Waals surface area contributed by atoms with Gasteiger partial charge in [0.1, 0.15) is 11.5 Å². The number of halogens is 1. The van der Waals surface area contributed by atoms with Gasteiger partial charge in [0.25, 0.3) is 0 Å². The quantitative estimate of drug-likeness (QED) is 0.132. The van der Waals surface area contributed by atoms with E-state index in [9.17, 15) is 15.3 Å². The molecular weight excluding hydrogens is 618 g/mol. The number of benzene rings is 3. The first-order chi connectivity index (χ1) is 21.5. The highest BCUT2D eigenvalue weighted by Gasteiger charge is 2.19. The molecule has 0 fully saturated rings. The number of aliphatic hydroxyl groups excluding tert-OH is 3. The van der Waals surface area contributed by atoms with Gasteiger partial charge in [-0.3, -0.25) is 0 Å². The first kappa shape index (κ1) is 35.5. The zero-order valence-electron chi connectivity index (χ0n) is 26.3. The Balaban J connectivity index is 0.000000281. The third-order valence-electron chi connectivity index (χ3n) is 7.62. The fourth-order valence-corrected chi connectivity index (χ4v) is 5.33. The van der Waals surface area contributed by atoms with Gasteiger partial charge in [0, 0.05) is 17.7 Å². The van der Waals surface area contributed by atoms with E-state index < -0.39 is 0 Å². The van der Waals surface area contributed by atoms with Gasteiger partial charge >= 0.3 is 0 Å². The number of unbranched alkanes of at least 4 members (excludes halogenated alkanes) is 2. The number of nitrogens with one attached hydrogen (secondary N) is 1. The van der Waals surface area contributed by atoms with Gasteiger partial charge in [-0.2, -0.15) is 0 Å². The summed E-state index contributed by atoms with van der Waals surface area (Å²) >= 11 is 3.23. The Morgan fingerprint density at radius 3 is 1.89 bits per heavy atom. The first-order valence-electron chi connectivity index (χ1n) is 15.6. The summed E-state index contributed by atoms with van der Waals surface area (Å²) in [7, 11) is 0. The third kappa shape index (κ3) is 10.6. The number of aliphatic hydroxyl groups is 3. The lowest BCUT2D eigenvalue weighted by atomic mass is 9.90. The van der Waals surface area contributed by atoms with E-state index in [4.69, 9.17) is 9.47 Å². The van der Waals surface area contributed by atoms with E-state index in [1.54, 1.807) is 4.99 Å². The van der Waals surface area contributed by atoms with Crippen LogP contribution >= 0.6 is 15.9 Å². The number of fused-ring (bicyclic) bond motifs is 1. The molecule has 3 aromatic rings. The fourth-order valence-electron chi connectivity index (χ4n) is 5.02. The molecule has 238 valence electrons. The molecule has 3 aromatic carbocycles. The van der Waals surface area contributed by atoms with Crippen LogP contribution in [0.1, 0.15) is 90.1 Å². The van der Waals surface area contributed by atoms with E-state index in [1.165, 1.54) is 11.1 Å². The summed E-state index contributed by atoms with van der Waals surface area (Å²) in [4.78, 5) is 1.79. The average Bonchev–Trinajstić information content (AvgIpc) is 3.05. The van der Waals surface area contributed by atoms with E-state index in [0.717, 1.165) is 83.5 Å². The van der Waals surface area contributed by atoms with Gasteiger partial charge in [-0.25, -0.2) is 0 Å². The van der Waals surface area contributed by atoms with E-state index in [1.807, 2.05) is 42.5 Å². The van der Waals surface area contributed by atoms with Crippen molar-refractivity contribution in [2.45, 2.75) is 78.7 Å². The lowest BCUT2D eigenvalue weighted by Gasteiger charge is -2.26. The maximum absolute atomic E-state index is 9.69. The van der Waals surface area contributed by atoms with Crippen LogP contribution in [0.25, 0.3) is 12.2 Å². The second-order valence-corrected chi connectivity index (χ2v) is 11.5. The molecule has 0 aliphatic carbocycles. The predicted octanol–water partition coefficient (Wildman–Crippen LogP) is 7.78. The Labute approximate surface area is 271 Å². The normalized spacial score (nSPS) is 14.4. The summed E-state index contributed by atoms with van der Waals surface area (Å²) in [6.07, 6.45) is 11.4. The van der Waals surface area contributed by atoms with Crippen LogP contribution in [0.4, 0.5) is 0 Å². The van der Waals surface area contributed by atoms with Crippen LogP contribution < -0.4 is 14.8 Å². The molecule has 6 nitrogen and oxygen atoms in total. The molecule has 0 saturated carbocycles. The summed E-state index contributed by atoms with van der Waals surface area (Å²) in [5.41, 5.74) is 8.44. The summed E-state index contributed by atoms with van der Waals surface area (Å²) in [5.74, 6) is 1.54. The summed E-state index contributed by atoms with van der Waals surface area (Å²) in [6, 6.07) is 16.2. The number of ether oxygens (including phenoxy) is 2. The van der Waals surface area contributed by atoms with Crippen molar-refractivity contribution in [3.05, 3.63) is 104 Å². The Morgan fingerprint density at radius 1 is 0.795 bits per heavy atom. The Hall–Kier alpha value is -2.94. The highest BCUT2D eigenvalue weighted by molar-refractivity contribution is 9.11. The van der Waals surface area contributed by atoms with Gasteiger partial charge < -0.3 is 30.1 Å². The second kappa shape index (κ2) is 19.4. The third-order valence-corrected chi connectivity index (χ3v) is 7.88. The molecule has 1 heterocycles. The van der Waals surface area contributed by atoms with Gasteiger partial charge in [0.05, 0.1) is 39.1 Å². The monoisotopic (exact) mass is 665 g/mol. The van der Waals surface area contributed by atoms with E-state index >= 15 is 0 Å². The average molecular weight is 667 g/mol. The summed E-state index contributed by atoms with van der Waals surface area (Å²) < 4.78 is 11.4. The molecule has 0 radical (unpaired) electrons. The van der Waals surface area contributed by atoms with Gasteiger partial charge in [-0.05, 0) is 94.9 Å². The van der Waals surface area contributed by atoms with Crippen molar-refractivity contribution < 1.29 is 24.8 Å². The number of rotatable bonds is 14. The molecule has 1 aliphatic rings. The molecule has 1 unspecified atom stereocenters. The van der Waals surface area contributed by atoms with Crippen molar-refractivity contribution >= 4 is 28.1 Å². The molecule has 7 heteroatoms. The van der Waals surface area contributed by atoms with Crippen LogP contribution in [0.5, 0.6) is 11.5 Å². The highest BCUT2D eigenvalue weighted by Crippen LogP contribution is 2.29. The largest absolute Gasteiger partial charge is 0.493 e. The Morgan fingerprint density at radius 2 is 1.36 bits per heavy atom. The smallest absolute Gasteiger partial charge is 0.124 e. The maximum atomic E-state index is 9.69. The SMILES string of the molecule is CCCCOc1ccc(/C=C/Br)cc1CO.CCCCOc1ccc(/C=C/C2NCCc3cc(C)c(CO)cc32)cc1CO.